The molecule has 3 aliphatic rings. The molecule has 2 heterocycles. The maximum atomic E-state index is 10.1. The molecule has 6 nitrogen and oxygen atoms in total. The van der Waals surface area contributed by atoms with Gasteiger partial charge in [-0.05, 0) is 18.1 Å². The average molecular weight is 349 g/mol. The van der Waals surface area contributed by atoms with E-state index in [0.717, 1.165) is 23.3 Å². The third kappa shape index (κ3) is 2.34. The number of rotatable bonds is 2. The van der Waals surface area contributed by atoms with Crippen LogP contribution in [0.5, 0.6) is 11.5 Å². The minimum Gasteiger partial charge on any atom is -0.493 e. The third-order valence-corrected chi connectivity index (χ3v) is 5.54. The molecule has 6 heteroatoms. The Hall–Kier alpha value is -2.96. The lowest BCUT2D eigenvalue weighted by Gasteiger charge is -2.35. The fourth-order valence-electron chi connectivity index (χ4n) is 4.33. The summed E-state index contributed by atoms with van der Waals surface area (Å²) < 4.78 is 11.8. The molecule has 132 valence electrons. The lowest BCUT2D eigenvalue weighted by molar-refractivity contribution is 0.0828. The van der Waals surface area contributed by atoms with Crippen molar-refractivity contribution in [3.8, 4) is 23.6 Å². The Morgan fingerprint density at radius 3 is 2.96 bits per heavy atom. The van der Waals surface area contributed by atoms with Gasteiger partial charge in [-0.2, -0.15) is 10.5 Å². The number of hydrogen-bond donors (Lipinski definition) is 1. The molecule has 1 aliphatic carbocycles. The molecule has 0 bridgehead atoms. The van der Waals surface area contributed by atoms with Crippen LogP contribution < -0.4 is 9.47 Å². The van der Waals surface area contributed by atoms with E-state index < -0.39 is 6.10 Å². The summed E-state index contributed by atoms with van der Waals surface area (Å²) in [6.07, 6.45) is 6.19. The van der Waals surface area contributed by atoms with Crippen LogP contribution in [0.15, 0.2) is 36.1 Å². The van der Waals surface area contributed by atoms with Crippen molar-refractivity contribution >= 4 is 0 Å². The van der Waals surface area contributed by atoms with Crippen LogP contribution >= 0.6 is 0 Å². The van der Waals surface area contributed by atoms with Gasteiger partial charge in [0.15, 0.2) is 11.5 Å². The molecule has 1 spiro atoms. The number of benzene rings is 1. The summed E-state index contributed by atoms with van der Waals surface area (Å²) in [6.45, 7) is 1.27. The molecule has 2 aliphatic heterocycles. The molecule has 0 saturated carbocycles. The first-order chi connectivity index (χ1) is 12.6. The van der Waals surface area contributed by atoms with Crippen molar-refractivity contribution in [3.63, 3.8) is 0 Å². The van der Waals surface area contributed by atoms with Crippen molar-refractivity contribution in [2.24, 2.45) is 0 Å². The molecule has 3 atom stereocenters. The molecule has 1 aromatic carbocycles. The van der Waals surface area contributed by atoms with Gasteiger partial charge >= 0.3 is 0 Å². The van der Waals surface area contributed by atoms with E-state index in [0.29, 0.717) is 25.3 Å². The van der Waals surface area contributed by atoms with Crippen molar-refractivity contribution in [1.29, 1.82) is 10.5 Å². The standard InChI is InChI=1S/C20H19N3O3/c1-25-16-3-2-14-12-23(11-13(9-21)10-22)7-6-20-5-4-15(24)8-17(20)26-19(16)18(14)20/h2-5,11,15,17,24H,6-8,12H2,1H3. The van der Waals surface area contributed by atoms with E-state index in [9.17, 15) is 5.11 Å². The van der Waals surface area contributed by atoms with Gasteiger partial charge in [0, 0.05) is 31.3 Å². The van der Waals surface area contributed by atoms with E-state index >= 15 is 0 Å². The molecule has 0 fully saturated rings. The van der Waals surface area contributed by atoms with Gasteiger partial charge < -0.3 is 19.5 Å². The number of nitriles is 2. The predicted octanol–water partition coefficient (Wildman–Crippen LogP) is 2.15. The van der Waals surface area contributed by atoms with Crippen LogP contribution in [0.1, 0.15) is 24.0 Å². The van der Waals surface area contributed by atoms with Gasteiger partial charge in [-0.15, -0.1) is 0 Å². The number of aliphatic hydroxyl groups excluding tert-OH is 1. The summed E-state index contributed by atoms with van der Waals surface area (Å²) in [4.78, 5) is 2.01. The highest BCUT2D eigenvalue weighted by Gasteiger charge is 2.52. The van der Waals surface area contributed by atoms with E-state index in [1.165, 1.54) is 0 Å². The third-order valence-electron chi connectivity index (χ3n) is 5.54. The van der Waals surface area contributed by atoms with E-state index in [-0.39, 0.29) is 17.1 Å². The number of ether oxygens (including phenoxy) is 2. The number of aliphatic hydroxyl groups is 1. The quantitative estimate of drug-likeness (QED) is 0.650. The first kappa shape index (κ1) is 16.5. The molecule has 0 amide bonds. The van der Waals surface area contributed by atoms with Gasteiger partial charge in [0.05, 0.1) is 18.6 Å². The fraction of sp³-hybridized carbons (Fsp3) is 0.400. The van der Waals surface area contributed by atoms with Crippen LogP contribution in [-0.2, 0) is 12.0 Å². The zero-order valence-corrected chi connectivity index (χ0v) is 14.5. The van der Waals surface area contributed by atoms with Crippen LogP contribution in [0, 0.1) is 22.7 Å². The fourth-order valence-corrected chi connectivity index (χ4v) is 4.33. The van der Waals surface area contributed by atoms with Gasteiger partial charge in [0.2, 0.25) is 0 Å². The highest BCUT2D eigenvalue weighted by molar-refractivity contribution is 5.61. The van der Waals surface area contributed by atoms with E-state index in [1.807, 2.05) is 35.2 Å². The van der Waals surface area contributed by atoms with Crippen LogP contribution in [0.4, 0.5) is 0 Å². The number of allylic oxidation sites excluding steroid dienone is 1. The smallest absolute Gasteiger partial charge is 0.166 e. The zero-order valence-electron chi connectivity index (χ0n) is 14.5. The topological polar surface area (TPSA) is 89.5 Å². The average Bonchev–Trinajstić information content (AvgIpc) is 2.89. The molecule has 1 N–H and O–H groups in total. The van der Waals surface area contributed by atoms with Gasteiger partial charge in [0.25, 0.3) is 0 Å². The van der Waals surface area contributed by atoms with Crippen LogP contribution in [0.3, 0.4) is 0 Å². The summed E-state index contributed by atoms with van der Waals surface area (Å²) in [6, 6.07) is 7.76. The predicted molar refractivity (Wildman–Crippen MR) is 93.2 cm³/mol. The summed E-state index contributed by atoms with van der Waals surface area (Å²) in [7, 11) is 1.62. The second-order valence-electron chi connectivity index (χ2n) is 6.93. The molecule has 4 rings (SSSR count). The van der Waals surface area contributed by atoms with Gasteiger partial charge in [-0.1, -0.05) is 18.2 Å². The second-order valence-corrected chi connectivity index (χ2v) is 6.93. The molecule has 1 aromatic rings. The lowest BCUT2D eigenvalue weighted by atomic mass is 9.69. The van der Waals surface area contributed by atoms with Crippen LogP contribution in [-0.4, -0.2) is 35.9 Å². The Balaban J connectivity index is 1.85. The molecule has 0 saturated heterocycles. The Bertz CT molecular complexity index is 877. The monoisotopic (exact) mass is 349 g/mol. The van der Waals surface area contributed by atoms with E-state index in [1.54, 1.807) is 13.3 Å². The van der Waals surface area contributed by atoms with Crippen LogP contribution in [0.25, 0.3) is 0 Å². The van der Waals surface area contributed by atoms with Crippen molar-refractivity contribution in [2.75, 3.05) is 13.7 Å². The molecule has 0 aromatic heterocycles. The Kier molecular flexibility index (Phi) is 3.86. The van der Waals surface area contributed by atoms with Crippen LogP contribution in [0.2, 0.25) is 0 Å². The Labute approximate surface area is 152 Å². The Morgan fingerprint density at radius 1 is 1.42 bits per heavy atom. The minimum atomic E-state index is -0.516. The number of hydrogen-bond acceptors (Lipinski definition) is 6. The maximum Gasteiger partial charge on any atom is 0.166 e. The molecular weight excluding hydrogens is 330 g/mol. The summed E-state index contributed by atoms with van der Waals surface area (Å²) in [5.41, 5.74) is 1.97. The zero-order chi connectivity index (χ0) is 18.3. The lowest BCUT2D eigenvalue weighted by Crippen LogP contribution is -2.42. The SMILES string of the molecule is COc1ccc2c3c1OC1CC(O)C=CC31CCN(C=C(C#N)C#N)C2. The van der Waals surface area contributed by atoms with Crippen molar-refractivity contribution in [1.82, 2.24) is 4.90 Å². The first-order valence-electron chi connectivity index (χ1n) is 8.62. The normalized spacial score (nSPS) is 27.9. The summed E-state index contributed by atoms with van der Waals surface area (Å²) in [5, 5.41) is 28.2. The summed E-state index contributed by atoms with van der Waals surface area (Å²) >= 11 is 0. The molecule has 26 heavy (non-hydrogen) atoms. The van der Waals surface area contributed by atoms with Gasteiger partial charge in [-0.25, -0.2) is 0 Å². The van der Waals surface area contributed by atoms with Gasteiger partial charge in [-0.3, -0.25) is 0 Å². The highest BCUT2D eigenvalue weighted by atomic mass is 16.5. The molecule has 0 radical (unpaired) electrons. The first-order valence-corrected chi connectivity index (χ1v) is 8.62. The number of nitrogens with zero attached hydrogens (tertiary/aromatic N) is 3. The van der Waals surface area contributed by atoms with Crippen molar-refractivity contribution in [2.45, 2.75) is 37.0 Å². The number of methoxy groups -OCH3 is 1. The van der Waals surface area contributed by atoms with E-state index in [2.05, 4.69) is 6.08 Å². The highest BCUT2D eigenvalue weighted by Crippen LogP contribution is 2.55. The molecular formula is C20H19N3O3. The summed E-state index contributed by atoms with van der Waals surface area (Å²) in [5.74, 6) is 1.44. The van der Waals surface area contributed by atoms with E-state index in [4.69, 9.17) is 20.0 Å². The minimum absolute atomic E-state index is 0.0932. The maximum absolute atomic E-state index is 10.1. The largest absolute Gasteiger partial charge is 0.493 e. The van der Waals surface area contributed by atoms with Crippen molar-refractivity contribution in [3.05, 3.63) is 47.2 Å². The Morgan fingerprint density at radius 2 is 2.23 bits per heavy atom. The second kappa shape index (κ2) is 6.09. The molecule has 3 unspecified atom stereocenters. The van der Waals surface area contributed by atoms with Crippen molar-refractivity contribution < 1.29 is 14.6 Å². The van der Waals surface area contributed by atoms with Gasteiger partial charge in [0.1, 0.15) is 23.8 Å².